The molecule has 0 saturated carbocycles. The summed E-state index contributed by atoms with van der Waals surface area (Å²) < 4.78 is 0. The molecule has 3 heteroatoms. The van der Waals surface area contributed by atoms with E-state index in [1.807, 2.05) is 30.3 Å². The second-order valence-electron chi connectivity index (χ2n) is 3.89. The molecular weight excluding hydrogens is 192 g/mol. The predicted octanol–water partition coefficient (Wildman–Crippen LogP) is 2.15. The molecule has 0 amide bonds. The van der Waals surface area contributed by atoms with E-state index in [2.05, 4.69) is 0 Å². The van der Waals surface area contributed by atoms with E-state index in [1.165, 1.54) is 0 Å². The zero-order valence-corrected chi connectivity index (χ0v) is 8.81. The molecule has 82 valence electrons. The van der Waals surface area contributed by atoms with Crippen LogP contribution in [0.4, 0.5) is 0 Å². The van der Waals surface area contributed by atoms with Crippen molar-refractivity contribution in [2.24, 2.45) is 0 Å². The topological polar surface area (TPSA) is 57.5 Å². The Kier molecular flexibility index (Phi) is 3.86. The van der Waals surface area contributed by atoms with E-state index in [-0.39, 0.29) is 6.42 Å². The number of rotatable bonds is 5. The van der Waals surface area contributed by atoms with Crippen LogP contribution in [0.2, 0.25) is 0 Å². The molecule has 0 heterocycles. The molecule has 0 aliphatic carbocycles. The summed E-state index contributed by atoms with van der Waals surface area (Å²) in [7, 11) is 0. The first-order valence-corrected chi connectivity index (χ1v) is 5.02. The third-order valence-electron chi connectivity index (χ3n) is 2.45. The van der Waals surface area contributed by atoms with Crippen LogP contribution >= 0.6 is 0 Å². The number of hydrogen-bond acceptors (Lipinski definition) is 2. The van der Waals surface area contributed by atoms with Gasteiger partial charge in [0.15, 0.2) is 0 Å². The van der Waals surface area contributed by atoms with Crippen molar-refractivity contribution in [3.63, 3.8) is 0 Å². The fourth-order valence-corrected chi connectivity index (χ4v) is 1.53. The standard InChI is InChI=1S/C12H16O3/c1-12(15,9-5-8-11(13)14)10-6-3-2-4-7-10/h2-4,6-7,15H,5,8-9H2,1H3,(H,13,14). The van der Waals surface area contributed by atoms with E-state index in [4.69, 9.17) is 5.11 Å². The number of carboxylic acids is 1. The summed E-state index contributed by atoms with van der Waals surface area (Å²) in [5, 5.41) is 18.6. The van der Waals surface area contributed by atoms with Gasteiger partial charge in [-0.05, 0) is 25.3 Å². The molecule has 0 radical (unpaired) electrons. The maximum absolute atomic E-state index is 10.3. The normalized spacial score (nSPS) is 14.5. The highest BCUT2D eigenvalue weighted by molar-refractivity contribution is 5.66. The molecule has 1 aromatic carbocycles. The number of hydrogen-bond donors (Lipinski definition) is 2. The van der Waals surface area contributed by atoms with Crippen LogP contribution in [0.5, 0.6) is 0 Å². The summed E-state index contributed by atoms with van der Waals surface area (Å²) in [5.74, 6) is -0.820. The second kappa shape index (κ2) is 4.94. The fourth-order valence-electron chi connectivity index (χ4n) is 1.53. The molecule has 0 spiro atoms. The Hall–Kier alpha value is -1.35. The summed E-state index contributed by atoms with van der Waals surface area (Å²) >= 11 is 0. The molecule has 1 atom stereocenters. The molecule has 0 aliphatic heterocycles. The van der Waals surface area contributed by atoms with E-state index in [0.29, 0.717) is 12.8 Å². The summed E-state index contributed by atoms with van der Waals surface area (Å²) in [6, 6.07) is 9.31. The molecule has 2 N–H and O–H groups in total. The molecule has 1 rings (SSSR count). The van der Waals surface area contributed by atoms with E-state index in [1.54, 1.807) is 6.92 Å². The molecule has 0 saturated heterocycles. The monoisotopic (exact) mass is 208 g/mol. The van der Waals surface area contributed by atoms with Crippen molar-refractivity contribution in [1.82, 2.24) is 0 Å². The molecule has 0 aliphatic rings. The second-order valence-corrected chi connectivity index (χ2v) is 3.89. The first-order chi connectivity index (χ1) is 7.02. The van der Waals surface area contributed by atoms with Gasteiger partial charge in [-0.25, -0.2) is 0 Å². The van der Waals surface area contributed by atoms with Crippen molar-refractivity contribution >= 4 is 5.97 Å². The van der Waals surface area contributed by atoms with Gasteiger partial charge in [0.05, 0.1) is 5.60 Å². The molecule has 1 unspecified atom stereocenters. The minimum absolute atomic E-state index is 0.100. The highest BCUT2D eigenvalue weighted by Crippen LogP contribution is 2.25. The number of carbonyl (C=O) groups is 1. The third-order valence-corrected chi connectivity index (χ3v) is 2.45. The van der Waals surface area contributed by atoms with Gasteiger partial charge in [-0.2, -0.15) is 0 Å². The third kappa shape index (κ3) is 3.72. The van der Waals surface area contributed by atoms with E-state index in [0.717, 1.165) is 5.56 Å². The zero-order chi connectivity index (χ0) is 11.3. The van der Waals surface area contributed by atoms with Crippen molar-refractivity contribution in [2.45, 2.75) is 31.8 Å². The van der Waals surface area contributed by atoms with Crippen molar-refractivity contribution < 1.29 is 15.0 Å². The van der Waals surface area contributed by atoms with Crippen LogP contribution < -0.4 is 0 Å². The van der Waals surface area contributed by atoms with Crippen LogP contribution in [0.15, 0.2) is 30.3 Å². The van der Waals surface area contributed by atoms with Crippen LogP contribution in [-0.4, -0.2) is 16.2 Å². The minimum atomic E-state index is -0.934. The Morgan fingerprint density at radius 1 is 1.33 bits per heavy atom. The first-order valence-electron chi connectivity index (χ1n) is 5.02. The number of aliphatic carboxylic acids is 1. The summed E-state index contributed by atoms with van der Waals surface area (Å²) in [5.41, 5.74) is -0.105. The molecule has 3 nitrogen and oxygen atoms in total. The van der Waals surface area contributed by atoms with Gasteiger partial charge in [0.1, 0.15) is 0 Å². The number of aliphatic hydroxyl groups is 1. The highest BCUT2D eigenvalue weighted by atomic mass is 16.4. The lowest BCUT2D eigenvalue weighted by Crippen LogP contribution is -2.21. The molecule has 0 aromatic heterocycles. The van der Waals surface area contributed by atoms with Gasteiger partial charge < -0.3 is 10.2 Å². The maximum atomic E-state index is 10.3. The fraction of sp³-hybridized carbons (Fsp3) is 0.417. The zero-order valence-electron chi connectivity index (χ0n) is 8.81. The lowest BCUT2D eigenvalue weighted by atomic mass is 9.90. The average Bonchev–Trinajstić information content (AvgIpc) is 2.18. The molecule has 0 bridgehead atoms. The lowest BCUT2D eigenvalue weighted by Gasteiger charge is -2.23. The van der Waals surface area contributed by atoms with Gasteiger partial charge >= 0.3 is 5.97 Å². The Morgan fingerprint density at radius 3 is 2.47 bits per heavy atom. The van der Waals surface area contributed by atoms with E-state index >= 15 is 0 Å². The smallest absolute Gasteiger partial charge is 0.303 e. The van der Waals surface area contributed by atoms with Crippen LogP contribution in [0, 0.1) is 0 Å². The Morgan fingerprint density at radius 2 is 1.93 bits per heavy atom. The number of carboxylic acid groups (broad SMARTS) is 1. The SMILES string of the molecule is CC(O)(CCCC(=O)O)c1ccccc1. The van der Waals surface area contributed by atoms with Gasteiger partial charge in [0.2, 0.25) is 0 Å². The number of benzene rings is 1. The van der Waals surface area contributed by atoms with Gasteiger partial charge in [0, 0.05) is 6.42 Å². The predicted molar refractivity (Wildman–Crippen MR) is 57.5 cm³/mol. The van der Waals surface area contributed by atoms with Crippen molar-refractivity contribution in [2.75, 3.05) is 0 Å². The van der Waals surface area contributed by atoms with Crippen molar-refractivity contribution in [1.29, 1.82) is 0 Å². The Labute approximate surface area is 89.4 Å². The van der Waals surface area contributed by atoms with Crippen LogP contribution in [0.3, 0.4) is 0 Å². The van der Waals surface area contributed by atoms with E-state index in [9.17, 15) is 9.90 Å². The van der Waals surface area contributed by atoms with Crippen LogP contribution in [0.25, 0.3) is 0 Å². The van der Waals surface area contributed by atoms with Crippen LogP contribution in [-0.2, 0) is 10.4 Å². The summed E-state index contributed by atoms with van der Waals surface area (Å²) in [4.78, 5) is 10.3. The highest BCUT2D eigenvalue weighted by Gasteiger charge is 2.22. The Balaban J connectivity index is 2.56. The van der Waals surface area contributed by atoms with Gasteiger partial charge in [-0.3, -0.25) is 4.79 Å². The average molecular weight is 208 g/mol. The summed E-state index contributed by atoms with van der Waals surface area (Å²) in [6.07, 6.45) is 1.05. The first kappa shape index (κ1) is 11.7. The van der Waals surface area contributed by atoms with Crippen LogP contribution in [0.1, 0.15) is 31.7 Å². The van der Waals surface area contributed by atoms with Gasteiger partial charge in [-0.1, -0.05) is 30.3 Å². The largest absolute Gasteiger partial charge is 0.481 e. The van der Waals surface area contributed by atoms with Gasteiger partial charge in [-0.15, -0.1) is 0 Å². The lowest BCUT2D eigenvalue weighted by molar-refractivity contribution is -0.137. The van der Waals surface area contributed by atoms with E-state index < -0.39 is 11.6 Å². The van der Waals surface area contributed by atoms with Crippen molar-refractivity contribution in [3.05, 3.63) is 35.9 Å². The molecule has 15 heavy (non-hydrogen) atoms. The maximum Gasteiger partial charge on any atom is 0.303 e. The molecule has 1 aromatic rings. The Bertz CT molecular complexity index is 317. The molecular formula is C12H16O3. The summed E-state index contributed by atoms with van der Waals surface area (Å²) in [6.45, 7) is 1.71. The van der Waals surface area contributed by atoms with Gasteiger partial charge in [0.25, 0.3) is 0 Å². The minimum Gasteiger partial charge on any atom is -0.481 e. The molecule has 0 fully saturated rings. The van der Waals surface area contributed by atoms with Crippen molar-refractivity contribution in [3.8, 4) is 0 Å². The quantitative estimate of drug-likeness (QED) is 0.779.